The number of hydrogen-bond acceptors (Lipinski definition) is 15. The minimum absolute atomic E-state index is 0.0303. The second-order valence-corrected chi connectivity index (χ2v) is 13.3. The number of aliphatic hydroxyl groups excluding tert-OH is 2. The first kappa shape index (κ1) is 36.2. The molecule has 3 aliphatic carbocycles. The molecule has 1 saturated heterocycles. The van der Waals surface area contributed by atoms with Gasteiger partial charge in [0.2, 0.25) is 17.3 Å². The van der Waals surface area contributed by atoms with Crippen molar-refractivity contribution in [2.75, 3.05) is 35.4 Å². The highest BCUT2D eigenvalue weighted by atomic mass is 16.6. The first-order valence-corrected chi connectivity index (χ1v) is 15.9. The van der Waals surface area contributed by atoms with Crippen LogP contribution in [-0.4, -0.2) is 137 Å². The topological polar surface area (TPSA) is 239 Å². The molecule has 1 fully saturated rings. The largest absolute Gasteiger partial charge is 0.507 e. The Morgan fingerprint density at radius 3 is 2.20 bits per heavy atom. The fourth-order valence-corrected chi connectivity index (χ4v) is 7.98. The van der Waals surface area contributed by atoms with E-state index in [-0.39, 0.29) is 22.4 Å². The van der Waals surface area contributed by atoms with Crippen LogP contribution in [0.2, 0.25) is 0 Å². The Morgan fingerprint density at radius 2 is 1.61 bits per heavy atom. The Labute approximate surface area is 291 Å². The third-order valence-electron chi connectivity index (χ3n) is 10.4. The summed E-state index contributed by atoms with van der Waals surface area (Å²) in [5.41, 5.74) is -9.71. The number of amides is 1. The fourth-order valence-electron chi connectivity index (χ4n) is 7.98. The average Bonchev–Trinajstić information content (AvgIpc) is 3.05. The number of carbonyl (C=O) groups is 5. The van der Waals surface area contributed by atoms with Crippen molar-refractivity contribution in [3.63, 3.8) is 0 Å². The molecule has 4 aliphatic rings. The van der Waals surface area contributed by atoms with Crippen LogP contribution in [0.3, 0.4) is 0 Å². The Balaban J connectivity index is 1.52. The molecule has 272 valence electrons. The number of allylic oxidation sites excluding steroid dienone is 2. The number of aliphatic hydroxyl groups is 3. The normalized spacial score (nSPS) is 31.3. The standard InChI is InChI=1S/C35H38N2O14/c1-12-8-14-9-19(39)35(50-7)31(45)22-16(30(44)34(35,47)23(14)26(42)20(12)33(46)37(3)4)10-15-21(25(22)41)18(38)11-17(24(15)40)36-32-29(49-6)27(43)28(48-5)13(2)51-32/h8,10-11,13,19,27-29,32,36,39,41-43,47H,9H2,1-7H3/t13-,19+,27+,28-,29+,32?,34-,35+/m0/s1. The molecule has 0 spiro atoms. The molecule has 2 aromatic rings. The molecular weight excluding hydrogens is 672 g/mol. The van der Waals surface area contributed by atoms with E-state index in [1.807, 2.05) is 0 Å². The first-order chi connectivity index (χ1) is 23.9. The molecule has 0 saturated carbocycles. The Bertz CT molecular complexity index is 1950. The van der Waals surface area contributed by atoms with Gasteiger partial charge in [0, 0.05) is 64.6 Å². The summed E-state index contributed by atoms with van der Waals surface area (Å²) in [5.74, 6) is -7.18. The summed E-state index contributed by atoms with van der Waals surface area (Å²) in [6.07, 6.45) is -6.49. The summed E-state index contributed by atoms with van der Waals surface area (Å²) < 4.78 is 22.1. The van der Waals surface area contributed by atoms with Gasteiger partial charge in [0.05, 0.1) is 34.6 Å². The molecule has 51 heavy (non-hydrogen) atoms. The second-order valence-electron chi connectivity index (χ2n) is 13.3. The number of ether oxygens (including phenoxy) is 4. The van der Waals surface area contributed by atoms with E-state index in [9.17, 15) is 49.5 Å². The third-order valence-corrected chi connectivity index (χ3v) is 10.4. The number of Topliss-reactive ketones (excluding diaryl/α,β-unsaturated/α-hetero) is 3. The quantitative estimate of drug-likeness (QED) is 0.225. The molecule has 0 aromatic heterocycles. The van der Waals surface area contributed by atoms with Gasteiger partial charge in [-0.25, -0.2) is 0 Å². The van der Waals surface area contributed by atoms with E-state index in [0.29, 0.717) is 0 Å². The molecule has 0 bridgehead atoms. The lowest BCUT2D eigenvalue weighted by Gasteiger charge is -2.53. The number of fused-ring (bicyclic) bond motifs is 5. The zero-order valence-corrected chi connectivity index (χ0v) is 28.8. The molecule has 6 rings (SSSR count). The van der Waals surface area contributed by atoms with Crippen LogP contribution in [0.5, 0.6) is 11.5 Å². The summed E-state index contributed by atoms with van der Waals surface area (Å²) in [5, 5.41) is 60.7. The maximum Gasteiger partial charge on any atom is 0.257 e. The van der Waals surface area contributed by atoms with Gasteiger partial charge in [-0.2, -0.15) is 0 Å². The molecule has 16 heteroatoms. The maximum atomic E-state index is 14.7. The van der Waals surface area contributed by atoms with Crippen LogP contribution < -0.4 is 5.32 Å². The number of hydrogen-bond donors (Lipinski definition) is 6. The number of benzene rings is 2. The van der Waals surface area contributed by atoms with E-state index in [1.54, 1.807) is 6.92 Å². The zero-order chi connectivity index (χ0) is 37.6. The molecule has 0 radical (unpaired) electrons. The summed E-state index contributed by atoms with van der Waals surface area (Å²) in [6.45, 7) is 3.12. The molecule has 1 heterocycles. The third kappa shape index (κ3) is 4.68. The zero-order valence-electron chi connectivity index (χ0n) is 28.8. The number of methoxy groups -OCH3 is 3. The van der Waals surface area contributed by atoms with Gasteiger partial charge in [0.1, 0.15) is 29.8 Å². The minimum atomic E-state index is -3.21. The highest BCUT2D eigenvalue weighted by molar-refractivity contribution is 6.31. The summed E-state index contributed by atoms with van der Waals surface area (Å²) >= 11 is 0. The maximum absolute atomic E-state index is 14.7. The first-order valence-electron chi connectivity index (χ1n) is 15.9. The summed E-state index contributed by atoms with van der Waals surface area (Å²) in [7, 11) is 6.44. The van der Waals surface area contributed by atoms with Gasteiger partial charge < -0.3 is 54.7 Å². The molecule has 16 nitrogen and oxygen atoms in total. The van der Waals surface area contributed by atoms with Gasteiger partial charge in [-0.15, -0.1) is 0 Å². The van der Waals surface area contributed by atoms with Gasteiger partial charge in [0.25, 0.3) is 5.91 Å². The van der Waals surface area contributed by atoms with Crippen LogP contribution in [0.4, 0.5) is 0 Å². The number of aryl methyl sites for hydroxylation is 1. The predicted octanol–water partition coefficient (Wildman–Crippen LogP) is -0.335. The number of nitrogens with zero attached hydrogens (tertiary/aromatic N) is 1. The predicted molar refractivity (Wildman–Crippen MR) is 173 cm³/mol. The van der Waals surface area contributed by atoms with Gasteiger partial charge in [0.15, 0.2) is 23.2 Å². The van der Waals surface area contributed by atoms with Crippen LogP contribution >= 0.6 is 0 Å². The van der Waals surface area contributed by atoms with Crippen molar-refractivity contribution in [3.05, 3.63) is 68.4 Å². The van der Waals surface area contributed by atoms with Crippen molar-refractivity contribution in [1.29, 1.82) is 0 Å². The number of rotatable bonds is 6. The van der Waals surface area contributed by atoms with Crippen molar-refractivity contribution in [1.82, 2.24) is 10.2 Å². The van der Waals surface area contributed by atoms with Crippen LogP contribution in [-0.2, 0) is 31.0 Å². The molecule has 1 aliphatic heterocycles. The van der Waals surface area contributed by atoms with Gasteiger partial charge in [-0.1, -0.05) is 6.07 Å². The number of phenolic OH excluding ortho intramolecular Hbond substituents is 2. The number of ketones is 4. The lowest BCUT2D eigenvalue weighted by atomic mass is 9.56. The lowest BCUT2D eigenvalue weighted by Crippen LogP contribution is -2.73. The van der Waals surface area contributed by atoms with Crippen molar-refractivity contribution in [2.45, 2.75) is 68.2 Å². The summed E-state index contributed by atoms with van der Waals surface area (Å²) in [4.78, 5) is 71.0. The van der Waals surface area contributed by atoms with Crippen LogP contribution in [0, 0.1) is 6.92 Å². The highest BCUT2D eigenvalue weighted by Gasteiger charge is 2.72. The number of phenols is 2. The van der Waals surface area contributed by atoms with E-state index < -0.39 is 123 Å². The number of carbonyl (C=O) groups excluding carboxylic acids is 5. The van der Waals surface area contributed by atoms with E-state index in [0.717, 1.165) is 24.2 Å². The van der Waals surface area contributed by atoms with Crippen molar-refractivity contribution < 1.29 is 68.5 Å². The highest BCUT2D eigenvalue weighted by Crippen LogP contribution is 2.56. The van der Waals surface area contributed by atoms with Crippen LogP contribution in [0.1, 0.15) is 75.4 Å². The lowest BCUT2D eigenvalue weighted by molar-refractivity contribution is -0.236. The van der Waals surface area contributed by atoms with E-state index in [4.69, 9.17) is 18.9 Å². The van der Waals surface area contributed by atoms with Gasteiger partial charge >= 0.3 is 0 Å². The molecule has 8 atom stereocenters. The second kappa shape index (κ2) is 12.3. The summed E-state index contributed by atoms with van der Waals surface area (Å²) in [6, 6.07) is 2.26. The molecule has 1 unspecified atom stereocenters. The van der Waals surface area contributed by atoms with Crippen molar-refractivity contribution in [2.24, 2.45) is 0 Å². The molecular formula is C35H38N2O14. The smallest absolute Gasteiger partial charge is 0.257 e. The minimum Gasteiger partial charge on any atom is -0.507 e. The van der Waals surface area contributed by atoms with Gasteiger partial charge in [-0.05, 0) is 31.0 Å². The average molecular weight is 711 g/mol. The molecule has 2 aromatic carbocycles. The number of nitrogens with one attached hydrogen (secondary N) is 1. The fraction of sp³-hybridized carbons (Fsp3) is 0.457. The molecule has 1 amide bonds. The van der Waals surface area contributed by atoms with E-state index >= 15 is 0 Å². The van der Waals surface area contributed by atoms with Gasteiger partial charge in [-0.3, -0.25) is 24.0 Å². The Kier molecular flexibility index (Phi) is 8.74. The van der Waals surface area contributed by atoms with Crippen molar-refractivity contribution >= 4 is 29.0 Å². The van der Waals surface area contributed by atoms with E-state index in [1.165, 1.54) is 41.3 Å². The Hall–Kier alpha value is -4.55. The SMILES string of the molecule is CO[C@@H]1[C@@H](O)[C@@H](OC)C(NC2=CC(=O)c3c(cc4c(c3O)C(=O)[C@]3(OC)[C@H](O)Cc5cc(C)c(C(=O)N(C)C)c(O)c5[C@]3(O)C4=O)C2=O)O[C@H]1C. The monoisotopic (exact) mass is 710 g/mol. The van der Waals surface area contributed by atoms with Crippen molar-refractivity contribution in [3.8, 4) is 11.5 Å². The number of aromatic hydroxyl groups is 2. The van der Waals surface area contributed by atoms with Crippen LogP contribution in [0.15, 0.2) is 23.9 Å². The molecule has 6 N–H and O–H groups in total. The van der Waals surface area contributed by atoms with E-state index in [2.05, 4.69) is 5.32 Å². The Morgan fingerprint density at radius 1 is 0.961 bits per heavy atom. The van der Waals surface area contributed by atoms with Crippen LogP contribution in [0.25, 0.3) is 0 Å².